The first-order valence-corrected chi connectivity index (χ1v) is 7.11. The second-order valence-electron chi connectivity index (χ2n) is 5.44. The van der Waals surface area contributed by atoms with Gasteiger partial charge in [0.15, 0.2) is 4.96 Å². The lowest BCUT2D eigenvalue weighted by molar-refractivity contribution is -0.148. The summed E-state index contributed by atoms with van der Waals surface area (Å²) in [4.78, 5) is 17.0. The SMILES string of the molecule is CC1CCC(Cc2cn3ccsc3n2)(C(=O)O)C1. The third-order valence-corrected chi connectivity index (χ3v) is 4.74. The summed E-state index contributed by atoms with van der Waals surface area (Å²) in [5, 5.41) is 11.5. The van der Waals surface area contributed by atoms with Crippen molar-refractivity contribution in [1.29, 1.82) is 0 Å². The van der Waals surface area contributed by atoms with Gasteiger partial charge in [0.05, 0.1) is 11.1 Å². The van der Waals surface area contributed by atoms with Crippen LogP contribution in [0.5, 0.6) is 0 Å². The summed E-state index contributed by atoms with van der Waals surface area (Å²) in [5.41, 5.74) is 0.307. The van der Waals surface area contributed by atoms with E-state index < -0.39 is 11.4 Å². The number of hydrogen-bond donors (Lipinski definition) is 1. The fraction of sp³-hybridized carbons (Fsp3) is 0.538. The Morgan fingerprint density at radius 1 is 1.72 bits per heavy atom. The van der Waals surface area contributed by atoms with E-state index in [1.54, 1.807) is 11.3 Å². The number of aromatic nitrogens is 2. The number of hydrogen-bond acceptors (Lipinski definition) is 3. The molecule has 3 rings (SSSR count). The van der Waals surface area contributed by atoms with E-state index in [1.165, 1.54) is 0 Å². The van der Waals surface area contributed by atoms with Gasteiger partial charge >= 0.3 is 5.97 Å². The third-order valence-electron chi connectivity index (χ3n) is 3.97. The minimum Gasteiger partial charge on any atom is -0.481 e. The number of carboxylic acid groups (broad SMARTS) is 1. The molecule has 2 aromatic rings. The van der Waals surface area contributed by atoms with Crippen molar-refractivity contribution in [2.24, 2.45) is 11.3 Å². The van der Waals surface area contributed by atoms with Crippen LogP contribution in [0, 0.1) is 11.3 Å². The molecule has 1 saturated carbocycles. The lowest BCUT2D eigenvalue weighted by Crippen LogP contribution is -2.30. The number of carbonyl (C=O) groups is 1. The smallest absolute Gasteiger partial charge is 0.310 e. The van der Waals surface area contributed by atoms with Gasteiger partial charge in [-0.25, -0.2) is 4.98 Å². The van der Waals surface area contributed by atoms with Crippen LogP contribution in [-0.4, -0.2) is 20.5 Å². The first-order valence-electron chi connectivity index (χ1n) is 6.23. The van der Waals surface area contributed by atoms with Gasteiger partial charge in [0.2, 0.25) is 0 Å². The van der Waals surface area contributed by atoms with Crippen LogP contribution < -0.4 is 0 Å². The largest absolute Gasteiger partial charge is 0.481 e. The minimum absolute atomic E-state index is 0.504. The van der Waals surface area contributed by atoms with Crippen LogP contribution >= 0.6 is 11.3 Å². The summed E-state index contributed by atoms with van der Waals surface area (Å²) >= 11 is 1.58. The molecule has 2 aromatic heterocycles. The molecule has 1 fully saturated rings. The van der Waals surface area contributed by atoms with E-state index in [1.807, 2.05) is 22.2 Å². The zero-order valence-electron chi connectivity index (χ0n) is 10.3. The molecular weight excluding hydrogens is 248 g/mol. The standard InChI is InChI=1S/C13H16N2O2S/c1-9-2-3-13(6-9,11(16)17)7-10-8-15-4-5-18-12(15)14-10/h4-5,8-9H,2-3,6-7H2,1H3,(H,16,17). The summed E-state index contributed by atoms with van der Waals surface area (Å²) in [6.07, 6.45) is 7.03. The average Bonchev–Trinajstić information content (AvgIpc) is 2.93. The summed E-state index contributed by atoms with van der Waals surface area (Å²) in [5.74, 6) is -0.159. The Balaban J connectivity index is 1.89. The number of imidazole rings is 1. The normalized spacial score (nSPS) is 27.9. The summed E-state index contributed by atoms with van der Waals surface area (Å²) in [6.45, 7) is 2.14. The molecule has 96 valence electrons. The molecular formula is C13H16N2O2S. The highest BCUT2D eigenvalue weighted by Gasteiger charge is 2.44. The molecule has 1 N–H and O–H groups in total. The third kappa shape index (κ3) is 1.82. The predicted molar refractivity (Wildman–Crippen MR) is 69.9 cm³/mol. The molecule has 4 nitrogen and oxygen atoms in total. The maximum absolute atomic E-state index is 11.6. The lowest BCUT2D eigenvalue weighted by atomic mass is 9.81. The molecule has 0 radical (unpaired) electrons. The molecule has 1 aliphatic carbocycles. The van der Waals surface area contributed by atoms with Crippen molar-refractivity contribution in [2.45, 2.75) is 32.6 Å². The molecule has 0 bridgehead atoms. The van der Waals surface area contributed by atoms with E-state index in [2.05, 4.69) is 11.9 Å². The predicted octanol–water partition coefficient (Wildman–Crippen LogP) is 2.83. The molecule has 0 spiro atoms. The Morgan fingerprint density at radius 3 is 3.17 bits per heavy atom. The van der Waals surface area contributed by atoms with Gasteiger partial charge in [-0.05, 0) is 25.2 Å². The number of aliphatic carboxylic acids is 1. The molecule has 0 saturated heterocycles. The zero-order chi connectivity index (χ0) is 12.8. The molecule has 2 unspecified atom stereocenters. The monoisotopic (exact) mass is 264 g/mol. The van der Waals surface area contributed by atoms with Crippen molar-refractivity contribution in [3.8, 4) is 0 Å². The molecule has 0 amide bonds. The Bertz CT molecular complexity index is 560. The van der Waals surface area contributed by atoms with E-state index in [0.29, 0.717) is 12.3 Å². The van der Waals surface area contributed by atoms with E-state index in [4.69, 9.17) is 0 Å². The second kappa shape index (κ2) is 4.09. The van der Waals surface area contributed by atoms with Gasteiger partial charge in [-0.2, -0.15) is 0 Å². The topological polar surface area (TPSA) is 54.6 Å². The molecule has 0 aliphatic heterocycles. The molecule has 18 heavy (non-hydrogen) atoms. The first kappa shape index (κ1) is 11.7. The van der Waals surface area contributed by atoms with Gasteiger partial charge in [0, 0.05) is 24.2 Å². The highest BCUT2D eigenvalue weighted by atomic mass is 32.1. The fourth-order valence-corrected chi connectivity index (χ4v) is 3.75. The quantitative estimate of drug-likeness (QED) is 0.927. The van der Waals surface area contributed by atoms with Crippen molar-refractivity contribution in [2.75, 3.05) is 0 Å². The lowest BCUT2D eigenvalue weighted by Gasteiger charge is -2.22. The van der Waals surface area contributed by atoms with E-state index >= 15 is 0 Å². The highest BCUT2D eigenvalue weighted by molar-refractivity contribution is 7.15. The van der Waals surface area contributed by atoms with Crippen molar-refractivity contribution < 1.29 is 9.90 Å². The Kier molecular flexibility index (Phi) is 2.66. The van der Waals surface area contributed by atoms with Crippen LogP contribution in [0.15, 0.2) is 17.8 Å². The van der Waals surface area contributed by atoms with Crippen molar-refractivity contribution >= 4 is 22.3 Å². The van der Waals surface area contributed by atoms with Crippen LogP contribution in [0.25, 0.3) is 4.96 Å². The average molecular weight is 264 g/mol. The van der Waals surface area contributed by atoms with Crippen LogP contribution in [0.3, 0.4) is 0 Å². The van der Waals surface area contributed by atoms with Gasteiger partial charge in [-0.15, -0.1) is 11.3 Å². The van der Waals surface area contributed by atoms with Crippen molar-refractivity contribution in [3.63, 3.8) is 0 Å². The number of carboxylic acids is 1. The van der Waals surface area contributed by atoms with E-state index in [-0.39, 0.29) is 0 Å². The second-order valence-corrected chi connectivity index (χ2v) is 6.31. The number of nitrogens with zero attached hydrogens (tertiary/aromatic N) is 2. The minimum atomic E-state index is -0.664. The molecule has 5 heteroatoms. The van der Waals surface area contributed by atoms with Crippen LogP contribution in [0.2, 0.25) is 0 Å². The van der Waals surface area contributed by atoms with Crippen molar-refractivity contribution in [3.05, 3.63) is 23.5 Å². The number of rotatable bonds is 3. The Hall–Kier alpha value is -1.36. The number of fused-ring (bicyclic) bond motifs is 1. The molecule has 2 heterocycles. The zero-order valence-corrected chi connectivity index (χ0v) is 11.1. The molecule has 1 aliphatic rings. The fourth-order valence-electron chi connectivity index (χ4n) is 3.03. The van der Waals surface area contributed by atoms with Gasteiger partial charge < -0.3 is 5.11 Å². The molecule has 0 aromatic carbocycles. The summed E-state index contributed by atoms with van der Waals surface area (Å²) in [6, 6.07) is 0. The Morgan fingerprint density at radius 2 is 2.56 bits per heavy atom. The molecule has 2 atom stereocenters. The van der Waals surface area contributed by atoms with Gasteiger partial charge in [-0.3, -0.25) is 9.20 Å². The highest BCUT2D eigenvalue weighted by Crippen LogP contribution is 2.44. The number of thiazole rings is 1. The summed E-state index contributed by atoms with van der Waals surface area (Å²) < 4.78 is 1.97. The summed E-state index contributed by atoms with van der Waals surface area (Å²) in [7, 11) is 0. The maximum atomic E-state index is 11.6. The Labute approximate surface area is 109 Å². The van der Waals surface area contributed by atoms with Crippen LogP contribution in [-0.2, 0) is 11.2 Å². The van der Waals surface area contributed by atoms with Gasteiger partial charge in [0.1, 0.15) is 0 Å². The van der Waals surface area contributed by atoms with E-state index in [0.717, 1.165) is 29.9 Å². The van der Waals surface area contributed by atoms with Gasteiger partial charge in [0.25, 0.3) is 0 Å². The maximum Gasteiger partial charge on any atom is 0.310 e. The van der Waals surface area contributed by atoms with Crippen molar-refractivity contribution in [1.82, 2.24) is 9.38 Å². The van der Waals surface area contributed by atoms with E-state index in [9.17, 15) is 9.90 Å². The van der Waals surface area contributed by atoms with Crippen LogP contribution in [0.1, 0.15) is 31.9 Å². The van der Waals surface area contributed by atoms with Gasteiger partial charge in [-0.1, -0.05) is 6.92 Å². The van der Waals surface area contributed by atoms with Crippen LogP contribution in [0.4, 0.5) is 0 Å². The first-order chi connectivity index (χ1) is 8.59.